The number of aliphatic hydroxyl groups excluding tert-OH is 1. The van der Waals surface area contributed by atoms with Crippen molar-refractivity contribution in [3.8, 4) is 11.1 Å². The first kappa shape index (κ1) is 19.2. The van der Waals surface area contributed by atoms with Crippen molar-refractivity contribution in [1.82, 2.24) is 14.9 Å². The highest BCUT2D eigenvalue weighted by Gasteiger charge is 2.29. The smallest absolute Gasteiger partial charge is 0.228 e. The van der Waals surface area contributed by atoms with Crippen LogP contribution in [0, 0.1) is 5.92 Å². The third kappa shape index (κ3) is 4.35. The number of nitrogens with zero attached hydrogens (tertiary/aromatic N) is 3. The van der Waals surface area contributed by atoms with Crippen molar-refractivity contribution in [1.29, 1.82) is 0 Å². The summed E-state index contributed by atoms with van der Waals surface area (Å²) in [6.45, 7) is 2.69. The number of carbonyl (C=O) groups excluding carboxylic acids is 1. The monoisotopic (exact) mass is 402 g/mol. The minimum atomic E-state index is -0.156. The fourth-order valence-electron chi connectivity index (χ4n) is 4.03. The van der Waals surface area contributed by atoms with Gasteiger partial charge in [-0.25, -0.2) is 4.98 Å². The van der Waals surface area contributed by atoms with Crippen molar-refractivity contribution >= 4 is 22.5 Å². The minimum Gasteiger partial charge on any atom is -0.393 e. The summed E-state index contributed by atoms with van der Waals surface area (Å²) >= 11 is 0. The summed E-state index contributed by atoms with van der Waals surface area (Å²) in [6.07, 6.45) is 9.09. The maximum absolute atomic E-state index is 12.0. The quantitative estimate of drug-likeness (QED) is 0.682. The SMILES string of the molecule is O=C(Nc1cc2cc(-c3cncc(CN4CCC(O)CC4)c3)ccc2cn1)C1CC1. The van der Waals surface area contributed by atoms with Crippen LogP contribution in [0.5, 0.6) is 0 Å². The molecule has 1 saturated heterocycles. The van der Waals surface area contributed by atoms with Crippen LogP contribution in [-0.2, 0) is 11.3 Å². The first-order chi connectivity index (χ1) is 14.6. The lowest BCUT2D eigenvalue weighted by atomic mass is 10.0. The topological polar surface area (TPSA) is 78.4 Å². The molecule has 1 amide bonds. The Morgan fingerprint density at radius 3 is 2.63 bits per heavy atom. The Balaban J connectivity index is 1.36. The number of aromatic nitrogens is 2. The van der Waals surface area contributed by atoms with Crippen molar-refractivity contribution < 1.29 is 9.90 Å². The van der Waals surface area contributed by atoms with Gasteiger partial charge in [0.25, 0.3) is 0 Å². The van der Waals surface area contributed by atoms with Crippen molar-refractivity contribution in [2.45, 2.75) is 38.3 Å². The summed E-state index contributed by atoms with van der Waals surface area (Å²) in [5.41, 5.74) is 3.35. The average molecular weight is 402 g/mol. The fourth-order valence-corrected chi connectivity index (χ4v) is 4.03. The van der Waals surface area contributed by atoms with E-state index in [4.69, 9.17) is 0 Å². The Kier molecular flexibility index (Phi) is 5.19. The molecule has 1 aromatic carbocycles. The molecule has 3 heterocycles. The lowest BCUT2D eigenvalue weighted by Gasteiger charge is -2.29. The molecule has 1 saturated carbocycles. The maximum atomic E-state index is 12.0. The Morgan fingerprint density at radius 1 is 1.00 bits per heavy atom. The van der Waals surface area contributed by atoms with Crippen LogP contribution < -0.4 is 5.32 Å². The molecule has 1 aliphatic carbocycles. The van der Waals surface area contributed by atoms with Crippen LogP contribution in [0.3, 0.4) is 0 Å². The zero-order chi connectivity index (χ0) is 20.5. The van der Waals surface area contributed by atoms with Crippen molar-refractivity contribution in [2.24, 2.45) is 5.92 Å². The number of fused-ring (bicyclic) bond motifs is 1. The number of aliphatic hydroxyl groups is 1. The van der Waals surface area contributed by atoms with E-state index in [2.05, 4.69) is 44.5 Å². The van der Waals surface area contributed by atoms with Crippen molar-refractivity contribution in [3.63, 3.8) is 0 Å². The largest absolute Gasteiger partial charge is 0.393 e. The van der Waals surface area contributed by atoms with Gasteiger partial charge in [-0.15, -0.1) is 0 Å². The molecule has 0 unspecified atom stereocenters. The van der Waals surface area contributed by atoms with Gasteiger partial charge in [0.1, 0.15) is 5.82 Å². The molecule has 0 atom stereocenters. The Hall–Kier alpha value is -2.83. The number of hydrogen-bond acceptors (Lipinski definition) is 5. The van der Waals surface area contributed by atoms with Crippen LogP contribution >= 0.6 is 0 Å². The fraction of sp³-hybridized carbons (Fsp3) is 0.375. The van der Waals surface area contributed by atoms with Gasteiger partial charge in [-0.3, -0.25) is 14.7 Å². The van der Waals surface area contributed by atoms with E-state index in [9.17, 15) is 9.90 Å². The van der Waals surface area contributed by atoms with Crippen LogP contribution in [0.2, 0.25) is 0 Å². The van der Waals surface area contributed by atoms with E-state index in [0.29, 0.717) is 5.82 Å². The van der Waals surface area contributed by atoms with Crippen molar-refractivity contribution in [2.75, 3.05) is 18.4 Å². The summed E-state index contributed by atoms with van der Waals surface area (Å²) in [4.78, 5) is 23.2. The lowest BCUT2D eigenvalue weighted by Crippen LogP contribution is -2.35. The highest BCUT2D eigenvalue weighted by molar-refractivity contribution is 5.96. The third-order valence-corrected chi connectivity index (χ3v) is 6.01. The van der Waals surface area contributed by atoms with E-state index in [1.807, 2.05) is 18.5 Å². The Bertz CT molecular complexity index is 1070. The second-order valence-corrected chi connectivity index (χ2v) is 8.48. The van der Waals surface area contributed by atoms with Gasteiger partial charge in [-0.05, 0) is 60.4 Å². The maximum Gasteiger partial charge on any atom is 0.228 e. The molecule has 2 N–H and O–H groups in total. The molecule has 2 fully saturated rings. The summed E-state index contributed by atoms with van der Waals surface area (Å²) in [5, 5.41) is 14.7. The summed E-state index contributed by atoms with van der Waals surface area (Å²) in [6, 6.07) is 10.4. The third-order valence-electron chi connectivity index (χ3n) is 6.01. The van der Waals surface area contributed by atoms with E-state index in [0.717, 1.165) is 67.2 Å². The highest BCUT2D eigenvalue weighted by Crippen LogP contribution is 2.31. The van der Waals surface area contributed by atoms with Crippen molar-refractivity contribution in [3.05, 3.63) is 54.5 Å². The summed E-state index contributed by atoms with van der Waals surface area (Å²) < 4.78 is 0. The van der Waals surface area contributed by atoms with E-state index < -0.39 is 0 Å². The van der Waals surface area contributed by atoms with Gasteiger partial charge in [0.05, 0.1) is 6.10 Å². The van der Waals surface area contributed by atoms with Crippen LogP contribution in [0.25, 0.3) is 21.9 Å². The lowest BCUT2D eigenvalue weighted by molar-refractivity contribution is -0.117. The number of rotatable bonds is 5. The number of nitrogens with one attached hydrogen (secondary N) is 1. The molecular weight excluding hydrogens is 376 g/mol. The molecule has 0 radical (unpaired) electrons. The molecule has 2 aromatic heterocycles. The number of benzene rings is 1. The predicted molar refractivity (Wildman–Crippen MR) is 117 cm³/mol. The van der Waals surface area contributed by atoms with Crippen LogP contribution in [0.15, 0.2) is 48.9 Å². The summed E-state index contributed by atoms with van der Waals surface area (Å²) in [5.74, 6) is 0.835. The van der Waals surface area contributed by atoms with Gasteiger partial charge in [0, 0.05) is 55.1 Å². The first-order valence-electron chi connectivity index (χ1n) is 10.7. The molecule has 30 heavy (non-hydrogen) atoms. The number of carbonyl (C=O) groups is 1. The average Bonchev–Trinajstić information content (AvgIpc) is 3.61. The second kappa shape index (κ2) is 8.13. The molecule has 1 aliphatic heterocycles. The van der Waals surface area contributed by atoms with Gasteiger partial charge in [-0.1, -0.05) is 12.1 Å². The molecule has 0 bridgehead atoms. The van der Waals surface area contributed by atoms with Gasteiger partial charge >= 0.3 is 0 Å². The zero-order valence-electron chi connectivity index (χ0n) is 16.9. The standard InChI is InChI=1S/C24H26N4O2/c29-22-5-7-28(8-6-22)15-16-9-21(13-25-12-16)18-3-4-19-14-26-23(11-20(19)10-18)27-24(30)17-1-2-17/h3-4,9-14,17,22,29H,1-2,5-8,15H2,(H,26,27,30). The van der Waals surface area contributed by atoms with E-state index in [1.165, 1.54) is 5.56 Å². The first-order valence-corrected chi connectivity index (χ1v) is 10.7. The molecule has 154 valence electrons. The van der Waals surface area contributed by atoms with Crippen LogP contribution in [0.4, 0.5) is 5.82 Å². The Morgan fingerprint density at radius 2 is 1.83 bits per heavy atom. The molecule has 0 spiro atoms. The van der Waals surface area contributed by atoms with Crippen LogP contribution in [0.1, 0.15) is 31.2 Å². The van der Waals surface area contributed by atoms with E-state index in [-0.39, 0.29) is 17.9 Å². The molecule has 6 nitrogen and oxygen atoms in total. The highest BCUT2D eigenvalue weighted by atomic mass is 16.3. The van der Waals surface area contributed by atoms with Gasteiger partial charge < -0.3 is 10.4 Å². The minimum absolute atomic E-state index is 0.0696. The molecular formula is C24H26N4O2. The second-order valence-electron chi connectivity index (χ2n) is 8.48. The number of likely N-dealkylation sites (tertiary alicyclic amines) is 1. The number of piperidine rings is 1. The van der Waals surface area contributed by atoms with Gasteiger partial charge in [0.2, 0.25) is 5.91 Å². The van der Waals surface area contributed by atoms with Gasteiger partial charge in [-0.2, -0.15) is 0 Å². The number of pyridine rings is 2. The molecule has 5 rings (SSSR count). The number of hydrogen-bond donors (Lipinski definition) is 2. The van der Waals surface area contributed by atoms with E-state index in [1.54, 1.807) is 6.20 Å². The number of anilines is 1. The molecule has 2 aliphatic rings. The van der Waals surface area contributed by atoms with Gasteiger partial charge in [0.15, 0.2) is 0 Å². The normalized spacial score (nSPS) is 17.9. The van der Waals surface area contributed by atoms with E-state index >= 15 is 0 Å². The Labute approximate surface area is 176 Å². The summed E-state index contributed by atoms with van der Waals surface area (Å²) in [7, 11) is 0. The zero-order valence-corrected chi connectivity index (χ0v) is 16.9. The predicted octanol–water partition coefficient (Wildman–Crippen LogP) is 3.60. The number of amides is 1. The molecule has 3 aromatic rings. The molecule has 6 heteroatoms. The van der Waals surface area contributed by atoms with Crippen LogP contribution in [-0.4, -0.2) is 45.1 Å².